The van der Waals surface area contributed by atoms with Gasteiger partial charge in [0.1, 0.15) is 17.8 Å². The van der Waals surface area contributed by atoms with E-state index in [4.69, 9.17) is 0 Å². The predicted molar refractivity (Wildman–Crippen MR) is 86.0 cm³/mol. The molecule has 0 amide bonds. The van der Waals surface area contributed by atoms with E-state index in [1.807, 2.05) is 19.1 Å². The molecule has 0 spiro atoms. The summed E-state index contributed by atoms with van der Waals surface area (Å²) in [7, 11) is 0. The van der Waals surface area contributed by atoms with Gasteiger partial charge in [-0.15, -0.1) is 0 Å². The molecule has 0 aromatic heterocycles. The highest BCUT2D eigenvalue weighted by Crippen LogP contribution is 2.47. The monoisotopic (exact) mass is 310 g/mol. The van der Waals surface area contributed by atoms with Crippen LogP contribution in [0.15, 0.2) is 36.4 Å². The number of carbonyl (C=O) groups is 2. The number of phenols is 2. The second-order valence-electron chi connectivity index (χ2n) is 5.86. The molecule has 2 N–H and O–H groups in total. The molecule has 0 unspecified atom stereocenters. The zero-order valence-corrected chi connectivity index (χ0v) is 12.8. The molecule has 0 heterocycles. The number of phenolic OH excluding ortho intramolecular Hbond substituents is 2. The van der Waals surface area contributed by atoms with Crippen molar-refractivity contribution in [2.24, 2.45) is 5.92 Å². The standard InChI is InChI=1S/C19H18O4/c1-2-11(9-10-20)16-12-5-3-7-14(21)17(12)19(23)18-13(16)6-4-8-15(18)22/h3-8,10-11,16,21-22H,2,9H2,1H3/t11-/m1/s1. The third kappa shape index (κ3) is 2.31. The Morgan fingerprint density at radius 1 is 1.04 bits per heavy atom. The summed E-state index contributed by atoms with van der Waals surface area (Å²) >= 11 is 0. The number of aromatic hydroxyl groups is 2. The van der Waals surface area contributed by atoms with Crippen LogP contribution in [0.5, 0.6) is 11.5 Å². The van der Waals surface area contributed by atoms with E-state index < -0.39 is 0 Å². The molecule has 4 heteroatoms. The summed E-state index contributed by atoms with van der Waals surface area (Å²) in [4.78, 5) is 23.8. The van der Waals surface area contributed by atoms with Crippen LogP contribution in [-0.4, -0.2) is 22.3 Å². The lowest BCUT2D eigenvalue weighted by molar-refractivity contribution is -0.108. The maximum atomic E-state index is 12.8. The van der Waals surface area contributed by atoms with Crippen molar-refractivity contribution in [1.29, 1.82) is 0 Å². The van der Waals surface area contributed by atoms with Crippen LogP contribution in [-0.2, 0) is 4.79 Å². The Balaban J connectivity index is 2.31. The van der Waals surface area contributed by atoms with Gasteiger partial charge in [-0.05, 0) is 29.2 Å². The molecular formula is C19H18O4. The van der Waals surface area contributed by atoms with Crippen molar-refractivity contribution < 1.29 is 19.8 Å². The third-order valence-electron chi connectivity index (χ3n) is 4.67. The zero-order chi connectivity index (χ0) is 16.6. The fourth-order valence-electron chi connectivity index (χ4n) is 3.59. The fraction of sp³-hybridized carbons (Fsp3) is 0.263. The molecule has 1 atom stereocenters. The van der Waals surface area contributed by atoms with Gasteiger partial charge in [-0.25, -0.2) is 0 Å². The summed E-state index contributed by atoms with van der Waals surface area (Å²) in [5.74, 6) is -0.753. The third-order valence-corrected chi connectivity index (χ3v) is 4.67. The molecule has 118 valence electrons. The Morgan fingerprint density at radius 3 is 2.00 bits per heavy atom. The molecule has 0 saturated carbocycles. The Hall–Kier alpha value is -2.62. The summed E-state index contributed by atoms with van der Waals surface area (Å²) in [6.07, 6.45) is 2.00. The molecule has 0 saturated heterocycles. The molecule has 2 aromatic rings. The highest BCUT2D eigenvalue weighted by Gasteiger charge is 2.37. The highest BCUT2D eigenvalue weighted by atomic mass is 16.3. The summed E-state index contributed by atoms with van der Waals surface area (Å²) in [6, 6.07) is 9.99. The van der Waals surface area contributed by atoms with Gasteiger partial charge in [0.2, 0.25) is 5.78 Å². The van der Waals surface area contributed by atoms with Gasteiger partial charge < -0.3 is 15.0 Å². The maximum absolute atomic E-state index is 12.8. The second-order valence-corrected chi connectivity index (χ2v) is 5.86. The van der Waals surface area contributed by atoms with E-state index in [0.717, 1.165) is 23.8 Å². The minimum absolute atomic E-state index is 0.00157. The molecule has 0 fully saturated rings. The predicted octanol–water partition coefficient (Wildman–Crippen LogP) is 3.39. The van der Waals surface area contributed by atoms with Gasteiger partial charge in [-0.3, -0.25) is 4.79 Å². The number of hydrogen-bond donors (Lipinski definition) is 2. The fourth-order valence-corrected chi connectivity index (χ4v) is 3.59. The average Bonchev–Trinajstić information content (AvgIpc) is 2.53. The van der Waals surface area contributed by atoms with Crippen LogP contribution in [0.3, 0.4) is 0 Å². The second kappa shape index (κ2) is 5.88. The van der Waals surface area contributed by atoms with Gasteiger partial charge in [0, 0.05) is 12.3 Å². The first kappa shape index (κ1) is 15.3. The van der Waals surface area contributed by atoms with Crippen LogP contribution < -0.4 is 0 Å². The van der Waals surface area contributed by atoms with Gasteiger partial charge in [-0.2, -0.15) is 0 Å². The topological polar surface area (TPSA) is 74.6 Å². The Labute approximate surface area is 134 Å². The molecule has 4 nitrogen and oxygen atoms in total. The van der Waals surface area contributed by atoms with Crippen LogP contribution in [0.4, 0.5) is 0 Å². The molecule has 3 rings (SSSR count). The van der Waals surface area contributed by atoms with Gasteiger partial charge in [0.15, 0.2) is 0 Å². The number of hydrogen-bond acceptors (Lipinski definition) is 4. The first-order chi connectivity index (χ1) is 11.1. The summed E-state index contributed by atoms with van der Waals surface area (Å²) in [5.41, 5.74) is 1.91. The smallest absolute Gasteiger partial charge is 0.201 e. The van der Waals surface area contributed by atoms with Crippen LogP contribution in [0, 0.1) is 5.92 Å². The molecule has 0 bridgehead atoms. The lowest BCUT2D eigenvalue weighted by Gasteiger charge is -2.33. The van der Waals surface area contributed by atoms with Crippen molar-refractivity contribution >= 4 is 12.1 Å². The van der Waals surface area contributed by atoms with E-state index in [2.05, 4.69) is 0 Å². The number of rotatable bonds is 4. The van der Waals surface area contributed by atoms with Crippen molar-refractivity contribution in [2.45, 2.75) is 25.7 Å². The Morgan fingerprint density at radius 2 is 1.57 bits per heavy atom. The summed E-state index contributed by atoms with van der Waals surface area (Å²) in [5, 5.41) is 20.3. The number of fused-ring (bicyclic) bond motifs is 2. The van der Waals surface area contributed by atoms with E-state index in [1.165, 1.54) is 12.1 Å². The largest absolute Gasteiger partial charge is 0.507 e. The van der Waals surface area contributed by atoms with Gasteiger partial charge in [0.25, 0.3) is 0 Å². The van der Waals surface area contributed by atoms with Gasteiger partial charge in [0.05, 0.1) is 11.1 Å². The lowest BCUT2D eigenvalue weighted by Crippen LogP contribution is -2.25. The first-order valence-electron chi connectivity index (χ1n) is 7.72. The maximum Gasteiger partial charge on any atom is 0.201 e. The van der Waals surface area contributed by atoms with Crippen LogP contribution >= 0.6 is 0 Å². The molecule has 23 heavy (non-hydrogen) atoms. The van der Waals surface area contributed by atoms with E-state index >= 15 is 0 Å². The summed E-state index contributed by atoms with van der Waals surface area (Å²) in [6.45, 7) is 2.00. The number of ketones is 1. The Kier molecular flexibility index (Phi) is 3.90. The first-order valence-corrected chi connectivity index (χ1v) is 7.72. The van der Waals surface area contributed by atoms with Gasteiger partial charge >= 0.3 is 0 Å². The molecule has 2 aromatic carbocycles. The van der Waals surface area contributed by atoms with Crippen molar-refractivity contribution in [1.82, 2.24) is 0 Å². The quantitative estimate of drug-likeness (QED) is 0.849. The van der Waals surface area contributed by atoms with Crippen molar-refractivity contribution in [3.63, 3.8) is 0 Å². The normalized spacial score (nSPS) is 14.9. The Bertz CT molecular complexity index is 723. The van der Waals surface area contributed by atoms with Crippen molar-refractivity contribution in [3.8, 4) is 11.5 Å². The average molecular weight is 310 g/mol. The van der Waals surface area contributed by atoms with Crippen LogP contribution in [0.2, 0.25) is 0 Å². The molecule has 1 aliphatic carbocycles. The highest BCUT2D eigenvalue weighted by molar-refractivity contribution is 6.15. The minimum Gasteiger partial charge on any atom is -0.507 e. The molecule has 0 radical (unpaired) electrons. The van der Waals surface area contributed by atoms with Crippen molar-refractivity contribution in [2.75, 3.05) is 0 Å². The van der Waals surface area contributed by atoms with E-state index in [1.54, 1.807) is 12.1 Å². The zero-order valence-electron chi connectivity index (χ0n) is 12.8. The van der Waals surface area contributed by atoms with Crippen LogP contribution in [0.25, 0.3) is 0 Å². The minimum atomic E-state index is -0.372. The molecular weight excluding hydrogens is 292 g/mol. The lowest BCUT2D eigenvalue weighted by atomic mass is 9.70. The van der Waals surface area contributed by atoms with E-state index in [9.17, 15) is 19.8 Å². The number of aldehydes is 1. The van der Waals surface area contributed by atoms with Crippen LogP contribution in [0.1, 0.15) is 52.7 Å². The van der Waals surface area contributed by atoms with Gasteiger partial charge in [-0.1, -0.05) is 37.6 Å². The SMILES string of the molecule is CC[C@H](CC=O)C1c2cccc(O)c2C(=O)c2c(O)cccc21. The molecule has 1 aliphatic rings. The van der Waals surface area contributed by atoms with Crippen molar-refractivity contribution in [3.05, 3.63) is 58.7 Å². The summed E-state index contributed by atoms with van der Waals surface area (Å²) < 4.78 is 0. The van der Waals surface area contributed by atoms with E-state index in [-0.39, 0.29) is 40.2 Å². The van der Waals surface area contributed by atoms with E-state index in [0.29, 0.717) is 6.42 Å². The number of carbonyl (C=O) groups excluding carboxylic acids is 2. The number of benzene rings is 2. The molecule has 0 aliphatic heterocycles.